The third kappa shape index (κ3) is 5.47. The second-order valence-corrected chi connectivity index (χ2v) is 25.6. The molecule has 2 nitrogen and oxygen atoms in total. The highest BCUT2D eigenvalue weighted by Gasteiger charge is 2.58. The van der Waals surface area contributed by atoms with Gasteiger partial charge in [0.25, 0.3) is 0 Å². The normalized spacial score (nSPS) is 14.0. The highest BCUT2D eigenvalue weighted by Crippen LogP contribution is 2.44. The SMILES string of the molecule is c1ccc(N(c2ccc3c(c2)[Si]2(c4ccccc4Sc4ccccc42)c2ccccc2[Si]3(c2ccccc2)c2ccccc2)c2cccc3c2c2ccccc2n3-c2ccccc2)cc1. The predicted molar refractivity (Wildman–Crippen MR) is 280 cm³/mol. The Kier molecular flexibility index (Phi) is 8.85. The predicted octanol–water partition coefficient (Wildman–Crippen LogP) is 9.79. The summed E-state index contributed by atoms with van der Waals surface area (Å²) in [6, 6.07) is 96.5. The van der Waals surface area contributed by atoms with Gasteiger partial charge in [0, 0.05) is 37.6 Å². The van der Waals surface area contributed by atoms with Crippen LogP contribution in [0.2, 0.25) is 0 Å². The van der Waals surface area contributed by atoms with E-state index in [0.717, 1.165) is 22.7 Å². The fraction of sp³-hybridized carbons (Fsp3) is 0. The molecule has 2 aliphatic rings. The Morgan fingerprint density at radius 3 is 1.48 bits per heavy atom. The first-order chi connectivity index (χ1) is 32.3. The molecule has 0 bridgehead atoms. The van der Waals surface area contributed by atoms with E-state index in [1.807, 2.05) is 11.8 Å². The molecular weight excluding hydrogens is 837 g/mol. The third-order valence-electron chi connectivity index (χ3n) is 14.0. The average molecular weight is 879 g/mol. The summed E-state index contributed by atoms with van der Waals surface area (Å²) in [5.41, 5.74) is 6.96. The van der Waals surface area contributed by atoms with Crippen LogP contribution in [0.3, 0.4) is 0 Å². The number of hydrogen-bond acceptors (Lipinski definition) is 2. The number of fused-ring (bicyclic) bond motifs is 11. The van der Waals surface area contributed by atoms with Gasteiger partial charge in [0.2, 0.25) is 0 Å². The molecule has 0 aliphatic carbocycles. The summed E-state index contributed by atoms with van der Waals surface area (Å²) in [6.45, 7) is 0. The lowest BCUT2D eigenvalue weighted by Gasteiger charge is -2.50. The smallest absolute Gasteiger partial charge is 0.181 e. The summed E-state index contributed by atoms with van der Waals surface area (Å²) in [4.78, 5) is 5.25. The van der Waals surface area contributed by atoms with Gasteiger partial charge in [-0.15, -0.1) is 0 Å². The summed E-state index contributed by atoms with van der Waals surface area (Å²) in [6.07, 6.45) is 0. The molecule has 0 atom stereocenters. The number of benzene rings is 10. The molecule has 306 valence electrons. The van der Waals surface area contributed by atoms with E-state index >= 15 is 0 Å². The first-order valence-corrected chi connectivity index (χ1v) is 27.3. The van der Waals surface area contributed by atoms with E-state index in [4.69, 9.17) is 0 Å². The van der Waals surface area contributed by atoms with Crippen molar-refractivity contribution in [3.8, 4) is 5.69 Å². The second kappa shape index (κ2) is 15.1. The number of hydrogen-bond donors (Lipinski definition) is 0. The van der Waals surface area contributed by atoms with Crippen molar-refractivity contribution in [2.75, 3.05) is 4.90 Å². The topological polar surface area (TPSA) is 8.17 Å². The van der Waals surface area contributed by atoms with Gasteiger partial charge in [-0.05, 0) is 108 Å². The van der Waals surface area contributed by atoms with Gasteiger partial charge in [-0.25, -0.2) is 0 Å². The first kappa shape index (κ1) is 38.1. The Hall–Kier alpha value is -7.42. The Labute approximate surface area is 385 Å². The molecule has 10 aromatic carbocycles. The fourth-order valence-electron chi connectivity index (χ4n) is 11.5. The van der Waals surface area contributed by atoms with Crippen LogP contribution in [0.1, 0.15) is 0 Å². The molecule has 0 unspecified atom stereocenters. The summed E-state index contributed by atoms with van der Waals surface area (Å²) >= 11 is 1.93. The molecule has 11 aromatic rings. The van der Waals surface area contributed by atoms with E-state index in [0.29, 0.717) is 0 Å². The van der Waals surface area contributed by atoms with Crippen molar-refractivity contribution >= 4 is 108 Å². The van der Waals surface area contributed by atoms with Crippen molar-refractivity contribution in [2.45, 2.75) is 9.79 Å². The van der Waals surface area contributed by atoms with Gasteiger partial charge in [-0.2, -0.15) is 0 Å². The lowest BCUT2D eigenvalue weighted by Crippen LogP contribution is -2.93. The van der Waals surface area contributed by atoms with Gasteiger partial charge >= 0.3 is 0 Å². The van der Waals surface area contributed by atoms with Gasteiger partial charge in [0.05, 0.1) is 16.7 Å². The maximum absolute atomic E-state index is 3.04. The lowest BCUT2D eigenvalue weighted by molar-refractivity contribution is 1.18. The van der Waals surface area contributed by atoms with Gasteiger partial charge in [0.15, 0.2) is 16.1 Å². The van der Waals surface area contributed by atoms with Crippen molar-refractivity contribution in [3.05, 3.63) is 255 Å². The van der Waals surface area contributed by atoms with E-state index in [9.17, 15) is 0 Å². The summed E-state index contributed by atoms with van der Waals surface area (Å²) in [5, 5.41) is 14.2. The van der Waals surface area contributed by atoms with Crippen LogP contribution in [-0.4, -0.2) is 20.7 Å². The minimum Gasteiger partial charge on any atom is -0.310 e. The molecule has 0 amide bonds. The highest BCUT2D eigenvalue weighted by atomic mass is 32.2. The van der Waals surface area contributed by atoms with Crippen molar-refractivity contribution in [3.63, 3.8) is 0 Å². The molecule has 0 saturated heterocycles. The minimum atomic E-state index is -3.04. The zero-order valence-corrected chi connectivity index (χ0v) is 38.4. The Balaban J connectivity index is 1.19. The molecule has 13 rings (SSSR count). The summed E-state index contributed by atoms with van der Waals surface area (Å²) in [5.74, 6) is 0. The van der Waals surface area contributed by atoms with Crippen LogP contribution in [0.25, 0.3) is 27.5 Å². The van der Waals surface area contributed by atoms with E-state index in [-0.39, 0.29) is 0 Å². The Bertz CT molecular complexity index is 3510. The monoisotopic (exact) mass is 878 g/mol. The van der Waals surface area contributed by atoms with E-state index in [1.54, 1.807) is 0 Å². The molecule has 1 aromatic heterocycles. The molecule has 65 heavy (non-hydrogen) atoms. The van der Waals surface area contributed by atoms with E-state index in [1.165, 1.54) is 73.1 Å². The first-order valence-electron chi connectivity index (χ1n) is 22.4. The zero-order chi connectivity index (χ0) is 43.0. The van der Waals surface area contributed by atoms with Crippen LogP contribution in [0.4, 0.5) is 17.1 Å². The molecule has 0 fully saturated rings. The van der Waals surface area contributed by atoms with E-state index < -0.39 is 16.1 Å². The quantitative estimate of drug-likeness (QED) is 0.154. The van der Waals surface area contributed by atoms with Gasteiger partial charge < -0.3 is 9.47 Å². The molecule has 2 aliphatic heterocycles. The van der Waals surface area contributed by atoms with Gasteiger partial charge in [0.1, 0.15) is 0 Å². The van der Waals surface area contributed by atoms with Crippen molar-refractivity contribution in [2.24, 2.45) is 0 Å². The fourth-order valence-corrected chi connectivity index (χ4v) is 25.8. The van der Waals surface area contributed by atoms with Crippen molar-refractivity contribution in [1.82, 2.24) is 4.57 Å². The van der Waals surface area contributed by atoms with Gasteiger partial charge in [-0.1, -0.05) is 200 Å². The Morgan fingerprint density at radius 1 is 0.338 bits per heavy atom. The Morgan fingerprint density at radius 2 is 0.831 bits per heavy atom. The van der Waals surface area contributed by atoms with Crippen molar-refractivity contribution < 1.29 is 0 Å². The summed E-state index contributed by atoms with van der Waals surface area (Å²) < 4.78 is 2.43. The second-order valence-electron chi connectivity index (χ2n) is 17.1. The molecule has 1 spiro atoms. The van der Waals surface area contributed by atoms with Crippen LogP contribution in [0, 0.1) is 0 Å². The van der Waals surface area contributed by atoms with Crippen LogP contribution in [-0.2, 0) is 0 Å². The zero-order valence-electron chi connectivity index (χ0n) is 35.6. The van der Waals surface area contributed by atoms with Crippen LogP contribution < -0.4 is 46.4 Å². The van der Waals surface area contributed by atoms with E-state index in [2.05, 4.69) is 264 Å². The largest absolute Gasteiger partial charge is 0.310 e. The lowest BCUT2D eigenvalue weighted by atomic mass is 10.1. The van der Waals surface area contributed by atoms with Crippen LogP contribution in [0.5, 0.6) is 0 Å². The average Bonchev–Trinajstić information content (AvgIpc) is 3.73. The number of para-hydroxylation sites is 3. The molecule has 3 heterocycles. The molecule has 0 N–H and O–H groups in total. The molecular formula is C60H42N2SSi2. The number of aromatic nitrogens is 1. The highest BCUT2D eigenvalue weighted by molar-refractivity contribution is 8.00. The maximum atomic E-state index is 2.65. The minimum absolute atomic E-state index is 1.12. The molecule has 5 heteroatoms. The van der Waals surface area contributed by atoms with Crippen molar-refractivity contribution in [1.29, 1.82) is 0 Å². The maximum Gasteiger partial charge on any atom is 0.181 e. The van der Waals surface area contributed by atoms with Crippen LogP contribution in [0.15, 0.2) is 265 Å². The number of nitrogens with zero attached hydrogens (tertiary/aromatic N) is 2. The van der Waals surface area contributed by atoms with Gasteiger partial charge in [-0.3, -0.25) is 0 Å². The number of anilines is 3. The third-order valence-corrected chi connectivity index (χ3v) is 25.8. The standard InChI is InChI=1S/C60H42N2SSi2/c1-5-22-43(23-6-1)61(50-32-21-33-51-60(50)48-30-13-14-31-49(48)62(51)44-24-7-2-8-25-44)45-40-41-58-59(42-45)65(54-36-17-15-34-52(54)63-53-35-16-18-37-55(53)65)57-39-20-19-38-56(57)64(58,46-26-9-3-10-27-46)47-28-11-4-12-29-47/h1-42H. The molecule has 0 radical (unpaired) electrons. The number of rotatable bonds is 6. The summed E-state index contributed by atoms with van der Waals surface area (Å²) in [7, 11) is -5.99. The molecule has 0 saturated carbocycles. The van der Waals surface area contributed by atoms with Crippen LogP contribution >= 0.6 is 11.8 Å².